The first-order chi connectivity index (χ1) is 11.7. The summed E-state index contributed by atoms with van der Waals surface area (Å²) in [6.07, 6.45) is 3.49. The first-order valence-electron chi connectivity index (χ1n) is 8.65. The highest BCUT2D eigenvalue weighted by atomic mass is 32.1. The van der Waals surface area contributed by atoms with E-state index in [1.807, 2.05) is 12.1 Å². The van der Waals surface area contributed by atoms with Crippen LogP contribution in [0.25, 0.3) is 0 Å². The number of thiophene rings is 1. The summed E-state index contributed by atoms with van der Waals surface area (Å²) in [5, 5.41) is 3.03. The molecule has 1 amide bonds. The molecular formula is C19H23N3OS. The smallest absolute Gasteiger partial charge is 0.265 e. The molecule has 2 aliphatic rings. The molecule has 0 unspecified atom stereocenters. The van der Waals surface area contributed by atoms with Crippen LogP contribution in [0.15, 0.2) is 30.3 Å². The van der Waals surface area contributed by atoms with Gasteiger partial charge in [0, 0.05) is 42.4 Å². The van der Waals surface area contributed by atoms with Crippen molar-refractivity contribution in [3.05, 3.63) is 45.6 Å². The topological polar surface area (TPSA) is 35.6 Å². The third kappa shape index (κ3) is 3.19. The molecule has 126 valence electrons. The van der Waals surface area contributed by atoms with Crippen molar-refractivity contribution in [1.29, 1.82) is 0 Å². The Hall–Kier alpha value is -1.85. The minimum Gasteiger partial charge on any atom is -0.369 e. The van der Waals surface area contributed by atoms with Gasteiger partial charge in [0.15, 0.2) is 0 Å². The largest absolute Gasteiger partial charge is 0.369 e. The minimum atomic E-state index is 0.0155. The molecule has 1 aromatic carbocycles. The molecule has 0 radical (unpaired) electrons. The third-order valence-electron chi connectivity index (χ3n) is 4.96. The van der Waals surface area contributed by atoms with Crippen LogP contribution < -0.4 is 10.2 Å². The van der Waals surface area contributed by atoms with Crippen LogP contribution in [-0.4, -0.2) is 44.0 Å². The van der Waals surface area contributed by atoms with E-state index in [1.165, 1.54) is 22.5 Å². The molecule has 1 aliphatic carbocycles. The molecular weight excluding hydrogens is 318 g/mol. The molecule has 4 rings (SSSR count). The average Bonchev–Trinajstić information content (AvgIpc) is 3.18. The van der Waals surface area contributed by atoms with Gasteiger partial charge in [0.2, 0.25) is 0 Å². The van der Waals surface area contributed by atoms with E-state index in [2.05, 4.69) is 40.4 Å². The Morgan fingerprint density at radius 1 is 1.08 bits per heavy atom. The summed E-state index contributed by atoms with van der Waals surface area (Å²) in [5.74, 6) is 0.0155. The van der Waals surface area contributed by atoms with E-state index in [9.17, 15) is 4.79 Å². The number of anilines is 2. The first-order valence-corrected chi connectivity index (χ1v) is 9.47. The SMILES string of the molecule is CN1CCN(c2ccc(NC(=O)c3cc4c(s3)CCC4)cc2)CC1. The Bertz CT molecular complexity index is 708. The zero-order valence-corrected chi connectivity index (χ0v) is 14.9. The molecule has 0 saturated carbocycles. The van der Waals surface area contributed by atoms with Gasteiger partial charge in [-0.1, -0.05) is 0 Å². The van der Waals surface area contributed by atoms with Crippen molar-refractivity contribution < 1.29 is 4.79 Å². The second-order valence-corrected chi connectivity index (χ2v) is 7.84. The van der Waals surface area contributed by atoms with Gasteiger partial charge in [-0.05, 0) is 62.2 Å². The van der Waals surface area contributed by atoms with Crippen LogP contribution in [0.5, 0.6) is 0 Å². The number of rotatable bonds is 3. The molecule has 1 fully saturated rings. The fourth-order valence-electron chi connectivity index (χ4n) is 3.45. The van der Waals surface area contributed by atoms with Crippen LogP contribution in [0.1, 0.15) is 26.5 Å². The summed E-state index contributed by atoms with van der Waals surface area (Å²) < 4.78 is 0. The lowest BCUT2D eigenvalue weighted by Crippen LogP contribution is -2.44. The molecule has 1 aromatic heterocycles. The predicted octanol–water partition coefficient (Wildman–Crippen LogP) is 3.24. The van der Waals surface area contributed by atoms with E-state index in [0.717, 1.165) is 49.6 Å². The maximum atomic E-state index is 12.4. The highest BCUT2D eigenvalue weighted by Crippen LogP contribution is 2.31. The Balaban J connectivity index is 1.40. The second kappa shape index (κ2) is 6.57. The van der Waals surface area contributed by atoms with E-state index < -0.39 is 0 Å². The molecule has 0 atom stereocenters. The summed E-state index contributed by atoms with van der Waals surface area (Å²) in [6, 6.07) is 10.3. The molecule has 2 aromatic rings. The average molecular weight is 341 g/mol. The van der Waals surface area contributed by atoms with Crippen molar-refractivity contribution >= 4 is 28.6 Å². The van der Waals surface area contributed by atoms with Crippen molar-refractivity contribution in [2.24, 2.45) is 0 Å². The fraction of sp³-hybridized carbons (Fsp3) is 0.421. The number of fused-ring (bicyclic) bond motifs is 1. The van der Waals surface area contributed by atoms with E-state index in [-0.39, 0.29) is 5.91 Å². The zero-order chi connectivity index (χ0) is 16.5. The number of carbonyl (C=O) groups excluding carboxylic acids is 1. The van der Waals surface area contributed by atoms with E-state index >= 15 is 0 Å². The molecule has 5 heteroatoms. The molecule has 1 aliphatic heterocycles. The maximum Gasteiger partial charge on any atom is 0.265 e. The Morgan fingerprint density at radius 2 is 1.83 bits per heavy atom. The number of nitrogens with one attached hydrogen (secondary N) is 1. The Labute approximate surface area is 147 Å². The van der Waals surface area contributed by atoms with Gasteiger partial charge in [0.25, 0.3) is 5.91 Å². The van der Waals surface area contributed by atoms with Gasteiger partial charge in [-0.15, -0.1) is 11.3 Å². The molecule has 0 spiro atoms. The number of nitrogens with zero attached hydrogens (tertiary/aromatic N) is 2. The normalized spacial score (nSPS) is 17.8. The maximum absolute atomic E-state index is 12.4. The summed E-state index contributed by atoms with van der Waals surface area (Å²) in [7, 11) is 2.16. The Morgan fingerprint density at radius 3 is 2.54 bits per heavy atom. The number of hydrogen-bond donors (Lipinski definition) is 1. The number of piperazine rings is 1. The van der Waals surface area contributed by atoms with Gasteiger partial charge < -0.3 is 15.1 Å². The highest BCUT2D eigenvalue weighted by molar-refractivity contribution is 7.14. The van der Waals surface area contributed by atoms with Crippen molar-refractivity contribution in [2.45, 2.75) is 19.3 Å². The van der Waals surface area contributed by atoms with Crippen LogP contribution >= 0.6 is 11.3 Å². The highest BCUT2D eigenvalue weighted by Gasteiger charge is 2.19. The first kappa shape index (κ1) is 15.7. The third-order valence-corrected chi connectivity index (χ3v) is 6.20. The Kier molecular flexibility index (Phi) is 4.29. The number of carbonyl (C=O) groups is 1. The van der Waals surface area contributed by atoms with Crippen molar-refractivity contribution in [3.63, 3.8) is 0 Å². The van der Waals surface area contributed by atoms with E-state index in [1.54, 1.807) is 11.3 Å². The van der Waals surface area contributed by atoms with Crippen LogP contribution in [-0.2, 0) is 12.8 Å². The summed E-state index contributed by atoms with van der Waals surface area (Å²) in [5.41, 5.74) is 3.47. The van der Waals surface area contributed by atoms with Gasteiger partial charge >= 0.3 is 0 Å². The number of hydrogen-bond acceptors (Lipinski definition) is 4. The van der Waals surface area contributed by atoms with Gasteiger partial charge in [0.05, 0.1) is 4.88 Å². The lowest BCUT2D eigenvalue weighted by molar-refractivity contribution is 0.103. The van der Waals surface area contributed by atoms with Crippen LogP contribution in [0, 0.1) is 0 Å². The lowest BCUT2D eigenvalue weighted by atomic mass is 10.2. The summed E-state index contributed by atoms with van der Waals surface area (Å²) >= 11 is 1.65. The van der Waals surface area contributed by atoms with Crippen LogP contribution in [0.3, 0.4) is 0 Å². The van der Waals surface area contributed by atoms with Gasteiger partial charge in [-0.25, -0.2) is 0 Å². The molecule has 1 N–H and O–H groups in total. The van der Waals surface area contributed by atoms with Crippen molar-refractivity contribution in [2.75, 3.05) is 43.4 Å². The lowest BCUT2D eigenvalue weighted by Gasteiger charge is -2.34. The molecule has 4 nitrogen and oxygen atoms in total. The van der Waals surface area contributed by atoms with E-state index in [0.29, 0.717) is 0 Å². The molecule has 1 saturated heterocycles. The van der Waals surface area contributed by atoms with E-state index in [4.69, 9.17) is 0 Å². The monoisotopic (exact) mass is 341 g/mol. The molecule has 0 bridgehead atoms. The number of likely N-dealkylation sites (N-methyl/N-ethyl adjacent to an activating group) is 1. The number of benzene rings is 1. The molecule has 24 heavy (non-hydrogen) atoms. The summed E-state index contributed by atoms with van der Waals surface area (Å²) in [4.78, 5) is 19.4. The minimum absolute atomic E-state index is 0.0155. The quantitative estimate of drug-likeness (QED) is 0.931. The van der Waals surface area contributed by atoms with Crippen LogP contribution in [0.2, 0.25) is 0 Å². The number of aryl methyl sites for hydroxylation is 2. The van der Waals surface area contributed by atoms with Gasteiger partial charge in [-0.2, -0.15) is 0 Å². The predicted molar refractivity (Wildman–Crippen MR) is 100 cm³/mol. The van der Waals surface area contributed by atoms with Crippen molar-refractivity contribution in [3.8, 4) is 0 Å². The standard InChI is InChI=1S/C19H23N3OS/c1-21-9-11-22(12-10-21)16-7-5-15(6-8-16)20-19(23)18-13-14-3-2-4-17(14)24-18/h5-8,13H,2-4,9-12H2,1H3,(H,20,23). The fourth-order valence-corrected chi connectivity index (χ4v) is 4.60. The molecule has 2 heterocycles. The van der Waals surface area contributed by atoms with Gasteiger partial charge in [-0.3, -0.25) is 4.79 Å². The van der Waals surface area contributed by atoms with Gasteiger partial charge in [0.1, 0.15) is 0 Å². The summed E-state index contributed by atoms with van der Waals surface area (Å²) in [6.45, 7) is 4.31. The zero-order valence-electron chi connectivity index (χ0n) is 14.0. The number of amides is 1. The van der Waals surface area contributed by atoms with Crippen LogP contribution in [0.4, 0.5) is 11.4 Å². The van der Waals surface area contributed by atoms with Crippen molar-refractivity contribution in [1.82, 2.24) is 4.90 Å². The second-order valence-electron chi connectivity index (χ2n) is 6.70.